The van der Waals surface area contributed by atoms with Gasteiger partial charge in [-0.1, -0.05) is 54.6 Å². The van der Waals surface area contributed by atoms with E-state index < -0.39 is 41.8 Å². The van der Waals surface area contributed by atoms with Gasteiger partial charge in [0.05, 0.1) is 25.3 Å². The molecule has 0 saturated carbocycles. The fraction of sp³-hybridized carbons (Fsp3) is 0.293. The second kappa shape index (κ2) is 14.6. The van der Waals surface area contributed by atoms with Crippen LogP contribution in [0.1, 0.15) is 60.3 Å². The first-order valence-corrected chi connectivity index (χ1v) is 16.9. The van der Waals surface area contributed by atoms with Crippen LogP contribution < -0.4 is 10.1 Å². The van der Waals surface area contributed by atoms with Gasteiger partial charge in [-0.2, -0.15) is 5.26 Å². The molecule has 52 heavy (non-hydrogen) atoms. The Balaban J connectivity index is 1.24. The lowest BCUT2D eigenvalue weighted by Crippen LogP contribution is -2.56. The number of hydrogen-bond donors (Lipinski definition) is 2. The van der Waals surface area contributed by atoms with Crippen LogP contribution in [0.15, 0.2) is 84.9 Å². The Bertz CT molecular complexity index is 2040. The minimum absolute atomic E-state index is 0.0243. The molecule has 266 valence electrons. The molecule has 0 bridgehead atoms. The van der Waals surface area contributed by atoms with Crippen molar-refractivity contribution in [1.29, 1.82) is 5.26 Å². The van der Waals surface area contributed by atoms with Crippen molar-refractivity contribution in [2.45, 2.75) is 70.4 Å². The molecule has 2 amide bonds. The Morgan fingerprint density at radius 1 is 0.962 bits per heavy atom. The van der Waals surface area contributed by atoms with Gasteiger partial charge in [-0.25, -0.2) is 9.59 Å². The summed E-state index contributed by atoms with van der Waals surface area (Å²) in [5.74, 6) is -0.769. The van der Waals surface area contributed by atoms with Crippen LogP contribution in [0.2, 0.25) is 0 Å². The van der Waals surface area contributed by atoms with E-state index in [-0.39, 0.29) is 37.3 Å². The van der Waals surface area contributed by atoms with Gasteiger partial charge in [-0.3, -0.25) is 14.5 Å². The lowest BCUT2D eigenvalue weighted by molar-refractivity contribution is -0.145. The zero-order valence-corrected chi connectivity index (χ0v) is 29.3. The number of phenols is 1. The van der Waals surface area contributed by atoms with E-state index in [1.807, 2.05) is 42.5 Å². The number of benzene rings is 4. The molecule has 3 atom stereocenters. The number of nitriles is 1. The molecule has 0 aromatic heterocycles. The minimum atomic E-state index is -1.05. The zero-order chi connectivity index (χ0) is 37.2. The summed E-state index contributed by atoms with van der Waals surface area (Å²) in [5.41, 5.74) is 5.13. The summed E-state index contributed by atoms with van der Waals surface area (Å²) in [5, 5.41) is 21.6. The van der Waals surface area contributed by atoms with Crippen molar-refractivity contribution in [1.82, 2.24) is 10.2 Å². The van der Waals surface area contributed by atoms with Crippen molar-refractivity contribution in [3.05, 3.63) is 118 Å². The summed E-state index contributed by atoms with van der Waals surface area (Å²) in [6.45, 7) is 5.24. The monoisotopic (exact) mass is 701 g/mol. The summed E-state index contributed by atoms with van der Waals surface area (Å²) in [6.07, 6.45) is -1.19. The fourth-order valence-electron chi connectivity index (χ4n) is 6.45. The number of rotatable bonds is 7. The topological polar surface area (TPSA) is 155 Å². The summed E-state index contributed by atoms with van der Waals surface area (Å²) in [4.78, 5) is 55.2. The van der Waals surface area contributed by atoms with E-state index in [0.29, 0.717) is 22.4 Å². The van der Waals surface area contributed by atoms with Crippen molar-refractivity contribution in [3.8, 4) is 28.7 Å². The highest BCUT2D eigenvalue weighted by Gasteiger charge is 2.40. The van der Waals surface area contributed by atoms with Crippen LogP contribution in [0.5, 0.6) is 11.5 Å². The molecule has 0 fully saturated rings. The molecule has 11 nitrogen and oxygen atoms in total. The SMILES string of the molecule is COC(=O)[C@H](Cc1ccc(-c2ccc(C#N)cc2)cc1)NC(=O)[C@@H]1Cc2cc3c(cc2CN1C(=O)OC(C)(C)C)OC(c1ccc(O)cc1)C(=O)C3. The van der Waals surface area contributed by atoms with Gasteiger partial charge < -0.3 is 24.6 Å². The van der Waals surface area contributed by atoms with E-state index in [2.05, 4.69) is 11.4 Å². The van der Waals surface area contributed by atoms with E-state index in [0.717, 1.165) is 27.8 Å². The molecule has 0 radical (unpaired) electrons. The van der Waals surface area contributed by atoms with Crippen LogP contribution in [-0.4, -0.2) is 58.6 Å². The van der Waals surface area contributed by atoms with Crippen molar-refractivity contribution in [3.63, 3.8) is 0 Å². The number of nitrogens with one attached hydrogen (secondary N) is 1. The van der Waals surface area contributed by atoms with Gasteiger partial charge in [0.2, 0.25) is 5.91 Å². The van der Waals surface area contributed by atoms with Crippen LogP contribution in [-0.2, 0) is 49.7 Å². The summed E-state index contributed by atoms with van der Waals surface area (Å²) >= 11 is 0. The number of Topliss-reactive ketones (excluding diaryl/α,β-unsaturated/α-hetero) is 1. The molecule has 2 aliphatic heterocycles. The molecular formula is C41H39N3O8. The predicted molar refractivity (Wildman–Crippen MR) is 190 cm³/mol. The molecule has 2 aliphatic rings. The van der Waals surface area contributed by atoms with E-state index in [4.69, 9.17) is 19.5 Å². The highest BCUT2D eigenvalue weighted by molar-refractivity contribution is 5.91. The molecule has 4 aromatic carbocycles. The molecule has 1 unspecified atom stereocenters. The molecule has 0 aliphatic carbocycles. The number of ketones is 1. The average molecular weight is 702 g/mol. The van der Waals surface area contributed by atoms with E-state index in [9.17, 15) is 24.3 Å². The molecular weight excluding hydrogens is 662 g/mol. The predicted octanol–water partition coefficient (Wildman–Crippen LogP) is 5.74. The smallest absolute Gasteiger partial charge is 0.411 e. The van der Waals surface area contributed by atoms with Crippen LogP contribution in [0.25, 0.3) is 11.1 Å². The zero-order valence-electron chi connectivity index (χ0n) is 29.3. The Morgan fingerprint density at radius 2 is 1.62 bits per heavy atom. The standard InChI is InChI=1S/C41H39N3O8/c1-41(2,3)52-40(49)44-23-31-21-36-30(20-35(46)37(51-36)28-13-15-32(45)16-14-28)18-29(31)19-34(44)38(47)43-33(39(48)50-4)17-24-5-9-26(10-6-24)27-11-7-25(22-42)8-12-27/h5-16,18,21,33-34,37,45H,17,19-20,23H2,1-4H3,(H,43,47)/t33-,34-,37?/m0/s1. The summed E-state index contributed by atoms with van der Waals surface area (Å²) < 4.78 is 16.9. The third-order valence-corrected chi connectivity index (χ3v) is 9.08. The molecule has 2 heterocycles. The highest BCUT2D eigenvalue weighted by Crippen LogP contribution is 2.38. The number of amides is 2. The van der Waals surface area contributed by atoms with Gasteiger partial charge in [0.25, 0.3) is 0 Å². The number of hydrogen-bond acceptors (Lipinski definition) is 9. The Labute approximate surface area is 301 Å². The average Bonchev–Trinajstić information content (AvgIpc) is 3.12. The minimum Gasteiger partial charge on any atom is -0.508 e. The number of methoxy groups -OCH3 is 1. The maximum absolute atomic E-state index is 14.1. The third-order valence-electron chi connectivity index (χ3n) is 9.08. The van der Waals surface area contributed by atoms with E-state index >= 15 is 0 Å². The molecule has 0 saturated heterocycles. The first-order chi connectivity index (χ1) is 24.8. The van der Waals surface area contributed by atoms with Crippen LogP contribution in [0.3, 0.4) is 0 Å². The number of carbonyl (C=O) groups excluding carboxylic acids is 4. The van der Waals surface area contributed by atoms with Gasteiger partial charge in [0.1, 0.15) is 29.2 Å². The van der Waals surface area contributed by atoms with Crippen molar-refractivity contribution in [2.24, 2.45) is 0 Å². The number of ether oxygens (including phenoxy) is 3. The normalized spacial score (nSPS) is 17.1. The number of fused-ring (bicyclic) bond motifs is 2. The van der Waals surface area contributed by atoms with Crippen LogP contribution in [0.4, 0.5) is 4.79 Å². The molecule has 0 spiro atoms. The van der Waals surface area contributed by atoms with Crippen LogP contribution in [0, 0.1) is 11.3 Å². The Morgan fingerprint density at radius 3 is 2.23 bits per heavy atom. The number of nitrogens with zero attached hydrogens (tertiary/aromatic N) is 2. The number of carbonyl (C=O) groups is 4. The van der Waals surface area contributed by atoms with Gasteiger partial charge >= 0.3 is 12.1 Å². The van der Waals surface area contributed by atoms with Gasteiger partial charge in [-0.15, -0.1) is 0 Å². The van der Waals surface area contributed by atoms with Gasteiger partial charge in [0.15, 0.2) is 11.9 Å². The van der Waals surface area contributed by atoms with Crippen LogP contribution >= 0.6 is 0 Å². The Kier molecular flexibility index (Phi) is 10.0. The largest absolute Gasteiger partial charge is 0.508 e. The highest BCUT2D eigenvalue weighted by atomic mass is 16.6. The van der Waals surface area contributed by atoms with Crippen molar-refractivity contribution in [2.75, 3.05) is 7.11 Å². The number of esters is 1. The van der Waals surface area contributed by atoms with Gasteiger partial charge in [-0.05, 0) is 78.9 Å². The summed E-state index contributed by atoms with van der Waals surface area (Å²) in [7, 11) is 1.25. The van der Waals surface area contributed by atoms with Gasteiger partial charge in [0, 0.05) is 30.4 Å². The Hall–Kier alpha value is -6.15. The number of phenolic OH excluding ortho intramolecular Hbond substituents is 1. The lowest BCUT2D eigenvalue weighted by Gasteiger charge is -2.38. The molecule has 2 N–H and O–H groups in total. The fourth-order valence-corrected chi connectivity index (χ4v) is 6.45. The van der Waals surface area contributed by atoms with E-state index in [1.54, 1.807) is 51.1 Å². The van der Waals surface area contributed by atoms with Crippen molar-refractivity contribution >= 4 is 23.8 Å². The maximum Gasteiger partial charge on any atom is 0.411 e. The second-order valence-corrected chi connectivity index (χ2v) is 14.0. The third kappa shape index (κ3) is 7.92. The number of aromatic hydroxyl groups is 1. The first-order valence-electron chi connectivity index (χ1n) is 16.9. The second-order valence-electron chi connectivity index (χ2n) is 14.0. The molecule has 11 heteroatoms. The summed E-state index contributed by atoms with van der Waals surface area (Å²) in [6, 6.07) is 24.7. The van der Waals surface area contributed by atoms with E-state index in [1.165, 1.54) is 24.1 Å². The molecule has 4 aromatic rings. The van der Waals surface area contributed by atoms with Crippen molar-refractivity contribution < 1.29 is 38.5 Å². The lowest BCUT2D eigenvalue weighted by atomic mass is 9.88. The quantitative estimate of drug-likeness (QED) is 0.230. The molecule has 6 rings (SSSR count). The maximum atomic E-state index is 14.1. The first kappa shape index (κ1) is 35.7.